The average Bonchev–Trinajstić information content (AvgIpc) is 2.80. The fraction of sp³-hybridized carbons (Fsp3) is 0.588. The van der Waals surface area contributed by atoms with Crippen molar-refractivity contribution in [3.05, 3.63) is 29.3 Å². The minimum absolute atomic E-state index is 0.0619. The molecule has 3 unspecified atom stereocenters. The van der Waals surface area contributed by atoms with E-state index in [0.717, 1.165) is 31.4 Å². The first-order valence-electron chi connectivity index (χ1n) is 7.86. The van der Waals surface area contributed by atoms with Crippen molar-refractivity contribution in [2.24, 2.45) is 5.73 Å². The van der Waals surface area contributed by atoms with Crippen LogP contribution in [0.4, 0.5) is 0 Å². The zero-order chi connectivity index (χ0) is 15.4. The summed E-state index contributed by atoms with van der Waals surface area (Å²) in [5.41, 5.74) is 8.47. The van der Waals surface area contributed by atoms with Crippen molar-refractivity contribution in [2.75, 3.05) is 0 Å². The number of rotatable bonds is 6. The fourth-order valence-corrected chi connectivity index (χ4v) is 2.82. The van der Waals surface area contributed by atoms with E-state index in [1.54, 1.807) is 6.92 Å². The molecule has 1 aromatic rings. The van der Waals surface area contributed by atoms with Gasteiger partial charge >= 0.3 is 0 Å². The third-order valence-corrected chi connectivity index (χ3v) is 4.03. The van der Waals surface area contributed by atoms with E-state index in [-0.39, 0.29) is 18.0 Å². The minimum atomic E-state index is -0.488. The molecule has 0 spiro atoms. The molecule has 1 amide bonds. The third kappa shape index (κ3) is 3.97. The Morgan fingerprint density at radius 3 is 2.95 bits per heavy atom. The SMILES string of the molecule is CCCC(C)NC(=O)C(C)Oc1ccc2c(c1)CCC2N. The van der Waals surface area contributed by atoms with E-state index in [0.29, 0.717) is 0 Å². The molecule has 0 saturated carbocycles. The maximum Gasteiger partial charge on any atom is 0.260 e. The summed E-state index contributed by atoms with van der Waals surface area (Å²) >= 11 is 0. The van der Waals surface area contributed by atoms with Gasteiger partial charge in [-0.05, 0) is 56.4 Å². The van der Waals surface area contributed by atoms with Gasteiger partial charge in [0.15, 0.2) is 6.10 Å². The molecule has 0 aromatic heterocycles. The average molecular weight is 290 g/mol. The molecule has 0 aliphatic heterocycles. The van der Waals surface area contributed by atoms with Crippen LogP contribution in [-0.2, 0) is 11.2 Å². The van der Waals surface area contributed by atoms with Crippen LogP contribution < -0.4 is 15.8 Å². The van der Waals surface area contributed by atoms with E-state index in [2.05, 4.69) is 12.2 Å². The van der Waals surface area contributed by atoms with Gasteiger partial charge in [-0.1, -0.05) is 19.4 Å². The summed E-state index contributed by atoms with van der Waals surface area (Å²) in [4.78, 5) is 12.1. The molecule has 21 heavy (non-hydrogen) atoms. The Kier molecular flexibility index (Phi) is 5.23. The molecule has 2 rings (SSSR count). The number of hydrogen-bond acceptors (Lipinski definition) is 3. The predicted molar refractivity (Wildman–Crippen MR) is 84.3 cm³/mol. The Balaban J connectivity index is 1.93. The van der Waals surface area contributed by atoms with Gasteiger partial charge < -0.3 is 15.8 Å². The Bertz CT molecular complexity index is 502. The normalized spacial score (nSPS) is 19.7. The topological polar surface area (TPSA) is 64.3 Å². The van der Waals surface area contributed by atoms with Gasteiger partial charge in [0.05, 0.1) is 0 Å². The quantitative estimate of drug-likeness (QED) is 0.846. The second-order valence-electron chi connectivity index (χ2n) is 5.96. The number of amides is 1. The summed E-state index contributed by atoms with van der Waals surface area (Å²) < 4.78 is 5.76. The number of nitrogens with two attached hydrogens (primary N) is 1. The van der Waals surface area contributed by atoms with Crippen LogP contribution in [0.1, 0.15) is 57.2 Å². The Labute approximate surface area is 127 Å². The highest BCUT2D eigenvalue weighted by molar-refractivity contribution is 5.80. The largest absolute Gasteiger partial charge is 0.481 e. The van der Waals surface area contributed by atoms with Gasteiger partial charge in [-0.2, -0.15) is 0 Å². The zero-order valence-electron chi connectivity index (χ0n) is 13.2. The van der Waals surface area contributed by atoms with Crippen LogP contribution in [0.25, 0.3) is 0 Å². The smallest absolute Gasteiger partial charge is 0.260 e. The van der Waals surface area contributed by atoms with E-state index in [9.17, 15) is 4.79 Å². The third-order valence-electron chi connectivity index (χ3n) is 4.03. The molecule has 3 atom stereocenters. The van der Waals surface area contributed by atoms with Crippen molar-refractivity contribution < 1.29 is 9.53 Å². The number of benzene rings is 1. The minimum Gasteiger partial charge on any atom is -0.481 e. The van der Waals surface area contributed by atoms with Crippen molar-refractivity contribution >= 4 is 5.91 Å². The Morgan fingerprint density at radius 1 is 1.48 bits per heavy atom. The van der Waals surface area contributed by atoms with E-state index < -0.39 is 6.10 Å². The van der Waals surface area contributed by atoms with Crippen LogP contribution in [0.15, 0.2) is 18.2 Å². The zero-order valence-corrected chi connectivity index (χ0v) is 13.2. The lowest BCUT2D eigenvalue weighted by Gasteiger charge is -2.19. The highest BCUT2D eigenvalue weighted by Gasteiger charge is 2.21. The monoisotopic (exact) mass is 290 g/mol. The molecule has 4 nitrogen and oxygen atoms in total. The molecule has 0 radical (unpaired) electrons. The molecule has 4 heteroatoms. The maximum absolute atomic E-state index is 12.1. The highest BCUT2D eigenvalue weighted by Crippen LogP contribution is 2.32. The first-order valence-corrected chi connectivity index (χ1v) is 7.86. The lowest BCUT2D eigenvalue weighted by Crippen LogP contribution is -2.41. The standard InChI is InChI=1S/C17H26N2O2/c1-4-5-11(2)19-17(20)12(3)21-14-7-8-15-13(10-14)6-9-16(15)18/h7-8,10-12,16H,4-6,9,18H2,1-3H3,(H,19,20). The summed E-state index contributed by atoms with van der Waals surface area (Å²) in [6.07, 6.45) is 3.53. The number of nitrogens with one attached hydrogen (secondary N) is 1. The first kappa shape index (κ1) is 15.8. The maximum atomic E-state index is 12.1. The number of carbonyl (C=O) groups excluding carboxylic acids is 1. The van der Waals surface area contributed by atoms with Gasteiger partial charge in [-0.25, -0.2) is 0 Å². The van der Waals surface area contributed by atoms with E-state index >= 15 is 0 Å². The number of ether oxygens (including phenoxy) is 1. The van der Waals surface area contributed by atoms with Crippen molar-refractivity contribution in [3.8, 4) is 5.75 Å². The molecule has 1 aliphatic carbocycles. The summed E-state index contributed by atoms with van der Waals surface area (Å²) in [5, 5.41) is 2.98. The second-order valence-corrected chi connectivity index (χ2v) is 5.96. The molecular weight excluding hydrogens is 264 g/mol. The molecule has 0 bridgehead atoms. The number of fused-ring (bicyclic) bond motifs is 1. The van der Waals surface area contributed by atoms with Gasteiger partial charge in [-0.15, -0.1) is 0 Å². The van der Waals surface area contributed by atoms with Crippen LogP contribution >= 0.6 is 0 Å². The molecule has 1 aromatic carbocycles. The van der Waals surface area contributed by atoms with E-state index in [4.69, 9.17) is 10.5 Å². The molecule has 0 saturated heterocycles. The molecule has 1 aliphatic rings. The van der Waals surface area contributed by atoms with Gasteiger partial charge in [0, 0.05) is 12.1 Å². The predicted octanol–water partition coefficient (Wildman–Crippen LogP) is 2.70. The number of hydrogen-bond donors (Lipinski definition) is 2. The Morgan fingerprint density at radius 2 is 2.24 bits per heavy atom. The molecule has 116 valence electrons. The van der Waals surface area contributed by atoms with E-state index in [1.807, 2.05) is 25.1 Å². The lowest BCUT2D eigenvalue weighted by atomic mass is 10.1. The van der Waals surface area contributed by atoms with Crippen LogP contribution in [0.5, 0.6) is 5.75 Å². The summed E-state index contributed by atoms with van der Waals surface area (Å²) in [7, 11) is 0. The van der Waals surface area contributed by atoms with Crippen molar-refractivity contribution in [1.82, 2.24) is 5.32 Å². The molecule has 0 fully saturated rings. The van der Waals surface area contributed by atoms with Crippen molar-refractivity contribution in [2.45, 2.75) is 64.6 Å². The molecule has 0 heterocycles. The van der Waals surface area contributed by atoms with Crippen LogP contribution in [0.2, 0.25) is 0 Å². The van der Waals surface area contributed by atoms with Crippen LogP contribution in [-0.4, -0.2) is 18.1 Å². The number of carbonyl (C=O) groups is 1. The van der Waals surface area contributed by atoms with Crippen molar-refractivity contribution in [3.63, 3.8) is 0 Å². The van der Waals surface area contributed by atoms with Crippen LogP contribution in [0.3, 0.4) is 0 Å². The second kappa shape index (κ2) is 6.94. The highest BCUT2D eigenvalue weighted by atomic mass is 16.5. The lowest BCUT2D eigenvalue weighted by molar-refractivity contribution is -0.127. The van der Waals surface area contributed by atoms with Gasteiger partial charge in [0.25, 0.3) is 5.91 Å². The van der Waals surface area contributed by atoms with Gasteiger partial charge in [0.2, 0.25) is 0 Å². The van der Waals surface area contributed by atoms with Crippen molar-refractivity contribution in [1.29, 1.82) is 0 Å². The van der Waals surface area contributed by atoms with Gasteiger partial charge in [-0.3, -0.25) is 4.79 Å². The summed E-state index contributed by atoms with van der Waals surface area (Å²) in [6, 6.07) is 6.27. The molecule has 3 N–H and O–H groups in total. The van der Waals surface area contributed by atoms with Crippen LogP contribution in [0, 0.1) is 0 Å². The van der Waals surface area contributed by atoms with E-state index in [1.165, 1.54) is 11.1 Å². The summed E-state index contributed by atoms with van der Waals surface area (Å²) in [5.74, 6) is 0.682. The first-order chi connectivity index (χ1) is 10.0. The van der Waals surface area contributed by atoms with Gasteiger partial charge in [0.1, 0.15) is 5.75 Å². The number of aryl methyl sites for hydroxylation is 1. The Hall–Kier alpha value is -1.55. The fourth-order valence-electron chi connectivity index (χ4n) is 2.82. The summed E-state index contributed by atoms with van der Waals surface area (Å²) in [6.45, 7) is 5.91. The molecular formula is C17H26N2O2.